The van der Waals surface area contributed by atoms with Gasteiger partial charge in [-0.3, -0.25) is 4.79 Å². The molecule has 0 aliphatic heterocycles. The Morgan fingerprint density at radius 2 is 1.95 bits per heavy atom. The van der Waals surface area contributed by atoms with Crippen LogP contribution in [0.1, 0.15) is 38.7 Å². The highest BCUT2D eigenvalue weighted by Crippen LogP contribution is 2.48. The number of aliphatic hydroxyl groups excluding tert-OH is 1. The minimum absolute atomic E-state index is 0.0211. The van der Waals surface area contributed by atoms with Gasteiger partial charge in [-0.1, -0.05) is 12.1 Å². The van der Waals surface area contributed by atoms with Crippen molar-refractivity contribution < 1.29 is 14.3 Å². The molecule has 0 bridgehead atoms. The number of carbonyl (C=O) groups excluding carboxylic acids is 1. The Hall–Kier alpha value is -1.42. The molecule has 0 saturated heterocycles. The van der Waals surface area contributed by atoms with Gasteiger partial charge in [0.25, 0.3) is 0 Å². The number of benzene rings is 1. The molecule has 0 aromatic heterocycles. The van der Waals surface area contributed by atoms with E-state index in [4.69, 9.17) is 0 Å². The zero-order valence-corrected chi connectivity index (χ0v) is 11.3. The molecule has 1 aliphatic rings. The number of carbonyl (C=O) groups is 1. The molecule has 1 aromatic rings. The van der Waals surface area contributed by atoms with Crippen LogP contribution < -0.4 is 5.32 Å². The average Bonchev–Trinajstić information content (AvgIpc) is 3.09. The van der Waals surface area contributed by atoms with Gasteiger partial charge in [0.1, 0.15) is 5.82 Å². The molecule has 104 valence electrons. The third kappa shape index (κ3) is 3.13. The van der Waals surface area contributed by atoms with Crippen LogP contribution in [0.3, 0.4) is 0 Å². The van der Waals surface area contributed by atoms with Crippen LogP contribution in [-0.4, -0.2) is 23.2 Å². The Morgan fingerprint density at radius 1 is 1.37 bits per heavy atom. The summed E-state index contributed by atoms with van der Waals surface area (Å²) >= 11 is 0. The van der Waals surface area contributed by atoms with Crippen molar-refractivity contribution in [3.63, 3.8) is 0 Å². The summed E-state index contributed by atoms with van der Waals surface area (Å²) in [6.07, 6.45) is 1.69. The van der Waals surface area contributed by atoms with Crippen molar-refractivity contribution >= 4 is 5.91 Å². The minimum Gasteiger partial charge on any atom is -0.393 e. The number of halogens is 1. The summed E-state index contributed by atoms with van der Waals surface area (Å²) in [5, 5.41) is 12.2. The summed E-state index contributed by atoms with van der Waals surface area (Å²) in [7, 11) is 0. The number of hydrogen-bond acceptors (Lipinski definition) is 2. The third-order valence-corrected chi connectivity index (χ3v) is 3.65. The van der Waals surface area contributed by atoms with E-state index in [0.717, 1.165) is 18.4 Å². The predicted molar refractivity (Wildman–Crippen MR) is 71.2 cm³/mol. The highest BCUT2D eigenvalue weighted by atomic mass is 19.1. The first-order valence-electron chi connectivity index (χ1n) is 6.69. The Bertz CT molecular complexity index is 452. The first kappa shape index (κ1) is 14.0. The van der Waals surface area contributed by atoms with Crippen molar-refractivity contribution in [2.45, 2.75) is 50.7 Å². The molecular weight excluding hydrogens is 245 g/mol. The topological polar surface area (TPSA) is 49.3 Å². The molecule has 2 unspecified atom stereocenters. The lowest BCUT2D eigenvalue weighted by molar-refractivity contribution is -0.124. The van der Waals surface area contributed by atoms with Crippen LogP contribution in [0.25, 0.3) is 0 Å². The van der Waals surface area contributed by atoms with E-state index >= 15 is 0 Å². The molecule has 3 nitrogen and oxygen atoms in total. The van der Waals surface area contributed by atoms with Crippen molar-refractivity contribution in [3.05, 3.63) is 35.6 Å². The molecule has 1 fully saturated rings. The Morgan fingerprint density at radius 3 is 2.42 bits per heavy atom. The van der Waals surface area contributed by atoms with Crippen molar-refractivity contribution in [3.8, 4) is 0 Å². The fraction of sp³-hybridized carbons (Fsp3) is 0.533. The third-order valence-electron chi connectivity index (χ3n) is 3.65. The van der Waals surface area contributed by atoms with Gasteiger partial charge in [0.2, 0.25) is 5.91 Å². The first-order chi connectivity index (χ1) is 8.94. The predicted octanol–water partition coefficient (Wildman–Crippen LogP) is 2.13. The van der Waals surface area contributed by atoms with Crippen LogP contribution in [0.5, 0.6) is 0 Å². The molecule has 2 atom stereocenters. The Labute approximate surface area is 112 Å². The second-order valence-corrected chi connectivity index (χ2v) is 5.55. The van der Waals surface area contributed by atoms with Crippen LogP contribution >= 0.6 is 0 Å². The summed E-state index contributed by atoms with van der Waals surface area (Å²) in [5.41, 5.74) is 0.386. The van der Waals surface area contributed by atoms with E-state index in [0.29, 0.717) is 6.42 Å². The van der Waals surface area contributed by atoms with Crippen molar-refractivity contribution in [1.82, 2.24) is 5.32 Å². The van der Waals surface area contributed by atoms with Gasteiger partial charge < -0.3 is 10.4 Å². The molecule has 19 heavy (non-hydrogen) atoms. The number of rotatable bonds is 5. The maximum absolute atomic E-state index is 12.9. The average molecular weight is 265 g/mol. The van der Waals surface area contributed by atoms with E-state index in [1.165, 1.54) is 12.1 Å². The quantitative estimate of drug-likeness (QED) is 0.857. The highest BCUT2D eigenvalue weighted by Gasteiger charge is 2.51. The molecule has 0 spiro atoms. The maximum atomic E-state index is 12.9. The van der Waals surface area contributed by atoms with Crippen LogP contribution in [0, 0.1) is 5.82 Å². The maximum Gasteiger partial charge on any atom is 0.230 e. The second kappa shape index (κ2) is 5.29. The summed E-state index contributed by atoms with van der Waals surface area (Å²) in [5.74, 6) is -0.310. The SMILES string of the molecule is CC(O)CC(C)NC(=O)C1(c2ccc(F)cc2)CC1. The van der Waals surface area contributed by atoms with Gasteiger partial charge in [0.15, 0.2) is 0 Å². The minimum atomic E-state index is -0.485. The summed E-state index contributed by atoms with van der Waals surface area (Å²) in [6, 6.07) is 6.08. The Balaban J connectivity index is 2.04. The summed E-state index contributed by atoms with van der Waals surface area (Å²) < 4.78 is 12.9. The summed E-state index contributed by atoms with van der Waals surface area (Å²) in [6.45, 7) is 3.58. The van der Waals surface area contributed by atoms with E-state index in [-0.39, 0.29) is 17.8 Å². The van der Waals surface area contributed by atoms with E-state index in [1.807, 2.05) is 6.92 Å². The lowest BCUT2D eigenvalue weighted by Gasteiger charge is -2.21. The highest BCUT2D eigenvalue weighted by molar-refractivity contribution is 5.91. The van der Waals surface area contributed by atoms with Crippen LogP contribution in [0.2, 0.25) is 0 Å². The van der Waals surface area contributed by atoms with Crippen molar-refractivity contribution in [2.75, 3.05) is 0 Å². The van der Waals surface area contributed by atoms with E-state index in [2.05, 4.69) is 5.32 Å². The Kier molecular flexibility index (Phi) is 3.90. The van der Waals surface area contributed by atoms with Crippen molar-refractivity contribution in [2.24, 2.45) is 0 Å². The van der Waals surface area contributed by atoms with Gasteiger partial charge >= 0.3 is 0 Å². The lowest BCUT2D eigenvalue weighted by Crippen LogP contribution is -2.41. The molecule has 4 heteroatoms. The normalized spacial score (nSPS) is 19.6. The molecule has 1 aromatic carbocycles. The summed E-state index contributed by atoms with van der Waals surface area (Å²) in [4.78, 5) is 12.3. The lowest BCUT2D eigenvalue weighted by atomic mass is 9.94. The zero-order valence-electron chi connectivity index (χ0n) is 11.3. The molecular formula is C15H20FNO2. The van der Waals surface area contributed by atoms with Crippen molar-refractivity contribution in [1.29, 1.82) is 0 Å². The first-order valence-corrected chi connectivity index (χ1v) is 6.69. The molecule has 0 heterocycles. The molecule has 1 saturated carbocycles. The van der Waals surface area contributed by atoms with Crippen LogP contribution in [0.4, 0.5) is 4.39 Å². The van der Waals surface area contributed by atoms with E-state index < -0.39 is 11.5 Å². The van der Waals surface area contributed by atoms with Gasteiger partial charge in [0.05, 0.1) is 11.5 Å². The fourth-order valence-corrected chi connectivity index (χ4v) is 2.47. The van der Waals surface area contributed by atoms with Crippen LogP contribution in [0.15, 0.2) is 24.3 Å². The molecule has 0 radical (unpaired) electrons. The molecule has 2 rings (SSSR count). The number of aliphatic hydroxyl groups is 1. The number of nitrogens with one attached hydrogen (secondary N) is 1. The number of hydrogen-bond donors (Lipinski definition) is 2. The smallest absolute Gasteiger partial charge is 0.230 e. The molecule has 1 aliphatic carbocycles. The van der Waals surface area contributed by atoms with Gasteiger partial charge in [0, 0.05) is 6.04 Å². The van der Waals surface area contributed by atoms with Gasteiger partial charge in [-0.2, -0.15) is 0 Å². The van der Waals surface area contributed by atoms with Gasteiger partial charge in [-0.05, 0) is 50.8 Å². The van der Waals surface area contributed by atoms with Gasteiger partial charge in [-0.25, -0.2) is 4.39 Å². The molecule has 1 amide bonds. The van der Waals surface area contributed by atoms with E-state index in [1.54, 1.807) is 19.1 Å². The largest absolute Gasteiger partial charge is 0.393 e. The second-order valence-electron chi connectivity index (χ2n) is 5.55. The van der Waals surface area contributed by atoms with Gasteiger partial charge in [-0.15, -0.1) is 0 Å². The zero-order chi connectivity index (χ0) is 14.0. The molecule has 2 N–H and O–H groups in total. The standard InChI is InChI=1S/C15H20FNO2/c1-10(9-11(2)18)17-14(19)15(7-8-15)12-3-5-13(16)6-4-12/h3-6,10-11,18H,7-9H2,1-2H3,(H,17,19). The fourth-order valence-electron chi connectivity index (χ4n) is 2.47. The monoisotopic (exact) mass is 265 g/mol. The number of amides is 1. The van der Waals surface area contributed by atoms with Crippen LogP contribution in [-0.2, 0) is 10.2 Å². The van der Waals surface area contributed by atoms with E-state index in [9.17, 15) is 14.3 Å².